The molecule has 0 spiro atoms. The molecule has 0 radical (unpaired) electrons. The lowest BCUT2D eigenvalue weighted by molar-refractivity contribution is -0.134. The standard InChI is InChI=1S/C20H24FN5O/c1-26-7-6-17-15(11-26)9-23-18(25-17)10-24-19(27)20(12-22-13-20)8-14-4-2-3-5-16(14)21/h2-5,9,22H,6-8,10-13H2,1H3,(H,24,27). The van der Waals surface area contributed by atoms with Gasteiger partial charge in [0.05, 0.1) is 12.0 Å². The SMILES string of the molecule is CN1CCc2nc(CNC(=O)C3(Cc4ccccc4F)CNC3)ncc2C1. The fourth-order valence-corrected chi connectivity index (χ4v) is 3.73. The summed E-state index contributed by atoms with van der Waals surface area (Å²) in [6, 6.07) is 6.64. The lowest BCUT2D eigenvalue weighted by Crippen LogP contribution is -2.62. The van der Waals surface area contributed by atoms with Crippen LogP contribution in [0.25, 0.3) is 0 Å². The molecule has 4 rings (SSSR count). The maximum absolute atomic E-state index is 14.0. The van der Waals surface area contributed by atoms with E-state index < -0.39 is 5.41 Å². The summed E-state index contributed by atoms with van der Waals surface area (Å²) in [7, 11) is 2.08. The molecule has 2 aliphatic rings. The Balaban J connectivity index is 1.42. The van der Waals surface area contributed by atoms with Gasteiger partial charge in [-0.25, -0.2) is 14.4 Å². The van der Waals surface area contributed by atoms with Crippen molar-refractivity contribution in [3.8, 4) is 0 Å². The third-order valence-electron chi connectivity index (χ3n) is 5.48. The van der Waals surface area contributed by atoms with Crippen molar-refractivity contribution in [2.75, 3.05) is 26.7 Å². The quantitative estimate of drug-likeness (QED) is 0.825. The third-order valence-corrected chi connectivity index (χ3v) is 5.48. The van der Waals surface area contributed by atoms with E-state index in [-0.39, 0.29) is 11.7 Å². The molecule has 0 saturated carbocycles. The molecule has 2 aliphatic heterocycles. The van der Waals surface area contributed by atoms with Gasteiger partial charge in [0, 0.05) is 50.1 Å². The van der Waals surface area contributed by atoms with Gasteiger partial charge in [0.15, 0.2) is 0 Å². The van der Waals surface area contributed by atoms with E-state index in [1.54, 1.807) is 18.2 Å². The van der Waals surface area contributed by atoms with E-state index in [0.717, 1.165) is 30.8 Å². The number of nitrogens with zero attached hydrogens (tertiary/aromatic N) is 3. The molecule has 1 saturated heterocycles. The summed E-state index contributed by atoms with van der Waals surface area (Å²) in [5.74, 6) is 0.282. The predicted octanol–water partition coefficient (Wildman–Crippen LogP) is 1.05. The maximum Gasteiger partial charge on any atom is 0.229 e. The van der Waals surface area contributed by atoms with Crippen molar-refractivity contribution in [2.45, 2.75) is 25.9 Å². The van der Waals surface area contributed by atoms with Gasteiger partial charge in [-0.05, 0) is 25.1 Å². The molecular formula is C20H24FN5O. The van der Waals surface area contributed by atoms with E-state index in [1.807, 2.05) is 6.20 Å². The summed E-state index contributed by atoms with van der Waals surface area (Å²) in [6.45, 7) is 3.22. The summed E-state index contributed by atoms with van der Waals surface area (Å²) in [6.07, 6.45) is 3.14. The van der Waals surface area contributed by atoms with Crippen molar-refractivity contribution >= 4 is 5.91 Å². The number of fused-ring (bicyclic) bond motifs is 1. The Bertz CT molecular complexity index is 852. The largest absolute Gasteiger partial charge is 0.348 e. The molecule has 2 N–H and O–H groups in total. The van der Waals surface area contributed by atoms with E-state index in [2.05, 4.69) is 32.5 Å². The topological polar surface area (TPSA) is 70.2 Å². The molecule has 1 aromatic carbocycles. The summed E-state index contributed by atoms with van der Waals surface area (Å²) < 4.78 is 14.0. The van der Waals surface area contributed by atoms with Crippen LogP contribution in [0.5, 0.6) is 0 Å². The van der Waals surface area contributed by atoms with Gasteiger partial charge in [-0.3, -0.25) is 4.79 Å². The number of amides is 1. The van der Waals surface area contributed by atoms with E-state index in [9.17, 15) is 9.18 Å². The molecule has 0 atom stereocenters. The van der Waals surface area contributed by atoms with Crippen molar-refractivity contribution in [2.24, 2.45) is 5.41 Å². The van der Waals surface area contributed by atoms with Gasteiger partial charge in [-0.2, -0.15) is 0 Å². The number of carbonyl (C=O) groups excluding carboxylic acids is 1. The Morgan fingerprint density at radius 1 is 1.37 bits per heavy atom. The van der Waals surface area contributed by atoms with Gasteiger partial charge in [0.1, 0.15) is 11.6 Å². The van der Waals surface area contributed by atoms with E-state index in [1.165, 1.54) is 6.07 Å². The van der Waals surface area contributed by atoms with Crippen LogP contribution in [0.4, 0.5) is 4.39 Å². The van der Waals surface area contributed by atoms with Crippen LogP contribution in [0.3, 0.4) is 0 Å². The van der Waals surface area contributed by atoms with Crippen LogP contribution < -0.4 is 10.6 Å². The maximum atomic E-state index is 14.0. The predicted molar refractivity (Wildman–Crippen MR) is 99.3 cm³/mol. The minimum atomic E-state index is -0.612. The van der Waals surface area contributed by atoms with Gasteiger partial charge in [-0.15, -0.1) is 0 Å². The summed E-state index contributed by atoms with van der Waals surface area (Å²) in [5, 5.41) is 6.11. The summed E-state index contributed by atoms with van der Waals surface area (Å²) >= 11 is 0. The number of carbonyl (C=O) groups is 1. The fraction of sp³-hybridized carbons (Fsp3) is 0.450. The number of rotatable bonds is 5. The zero-order valence-electron chi connectivity index (χ0n) is 15.5. The Morgan fingerprint density at radius 2 is 2.19 bits per heavy atom. The lowest BCUT2D eigenvalue weighted by atomic mass is 9.75. The van der Waals surface area contributed by atoms with Gasteiger partial charge < -0.3 is 15.5 Å². The summed E-state index contributed by atoms with van der Waals surface area (Å²) in [5.41, 5.74) is 2.18. The van der Waals surface area contributed by atoms with Crippen LogP contribution in [0.15, 0.2) is 30.5 Å². The number of halogens is 1. The zero-order valence-corrected chi connectivity index (χ0v) is 15.5. The number of hydrogen-bond acceptors (Lipinski definition) is 5. The Kier molecular flexibility index (Phi) is 4.88. The molecule has 6 nitrogen and oxygen atoms in total. The number of likely N-dealkylation sites (N-methyl/N-ethyl adjacent to an activating group) is 1. The van der Waals surface area contributed by atoms with Crippen molar-refractivity contribution in [3.05, 3.63) is 58.9 Å². The first-order valence-corrected chi connectivity index (χ1v) is 9.30. The number of nitrogens with one attached hydrogen (secondary N) is 2. The smallest absolute Gasteiger partial charge is 0.229 e. The molecular weight excluding hydrogens is 345 g/mol. The third kappa shape index (κ3) is 3.70. The molecule has 0 unspecified atom stereocenters. The molecule has 0 aliphatic carbocycles. The first-order valence-electron chi connectivity index (χ1n) is 9.30. The highest BCUT2D eigenvalue weighted by Gasteiger charge is 2.44. The molecule has 7 heteroatoms. The van der Waals surface area contributed by atoms with Gasteiger partial charge in [0.2, 0.25) is 5.91 Å². The van der Waals surface area contributed by atoms with Crippen LogP contribution in [-0.2, 0) is 30.7 Å². The second kappa shape index (κ2) is 7.32. The van der Waals surface area contributed by atoms with E-state index in [0.29, 0.717) is 37.4 Å². The molecule has 0 bridgehead atoms. The van der Waals surface area contributed by atoms with Crippen LogP contribution >= 0.6 is 0 Å². The van der Waals surface area contributed by atoms with Crippen molar-refractivity contribution < 1.29 is 9.18 Å². The highest BCUT2D eigenvalue weighted by Crippen LogP contribution is 2.29. The van der Waals surface area contributed by atoms with Gasteiger partial charge in [0.25, 0.3) is 0 Å². The van der Waals surface area contributed by atoms with Crippen molar-refractivity contribution in [1.82, 2.24) is 25.5 Å². The fourth-order valence-electron chi connectivity index (χ4n) is 3.73. The van der Waals surface area contributed by atoms with Crippen molar-refractivity contribution in [3.63, 3.8) is 0 Å². The first-order chi connectivity index (χ1) is 13.1. The molecule has 1 fully saturated rings. The number of hydrogen-bond donors (Lipinski definition) is 2. The number of aromatic nitrogens is 2. The Hall–Kier alpha value is -2.38. The van der Waals surface area contributed by atoms with E-state index >= 15 is 0 Å². The average molecular weight is 369 g/mol. The van der Waals surface area contributed by atoms with Crippen LogP contribution in [0.1, 0.15) is 22.6 Å². The molecule has 142 valence electrons. The molecule has 1 aromatic heterocycles. The molecule has 2 aromatic rings. The molecule has 1 amide bonds. The second-order valence-electron chi connectivity index (χ2n) is 7.58. The summed E-state index contributed by atoms with van der Waals surface area (Å²) in [4.78, 5) is 24.1. The first kappa shape index (κ1) is 18.0. The monoisotopic (exact) mass is 369 g/mol. The Labute approximate surface area is 158 Å². The average Bonchev–Trinajstić information content (AvgIpc) is 2.64. The second-order valence-corrected chi connectivity index (χ2v) is 7.58. The van der Waals surface area contributed by atoms with Crippen molar-refractivity contribution in [1.29, 1.82) is 0 Å². The Morgan fingerprint density at radius 3 is 2.93 bits per heavy atom. The molecule has 3 heterocycles. The highest BCUT2D eigenvalue weighted by molar-refractivity contribution is 5.84. The normalized spacial score (nSPS) is 18.4. The van der Waals surface area contributed by atoms with Gasteiger partial charge in [-0.1, -0.05) is 18.2 Å². The lowest BCUT2D eigenvalue weighted by Gasteiger charge is -2.41. The van der Waals surface area contributed by atoms with Crippen LogP contribution in [-0.4, -0.2) is 47.5 Å². The highest BCUT2D eigenvalue weighted by atomic mass is 19.1. The van der Waals surface area contributed by atoms with Gasteiger partial charge >= 0.3 is 0 Å². The minimum Gasteiger partial charge on any atom is -0.348 e. The van der Waals surface area contributed by atoms with E-state index in [4.69, 9.17) is 0 Å². The zero-order chi connectivity index (χ0) is 18.9. The molecule has 27 heavy (non-hydrogen) atoms. The minimum absolute atomic E-state index is 0.0782. The number of benzene rings is 1. The van der Waals surface area contributed by atoms with Crippen LogP contribution in [0.2, 0.25) is 0 Å². The van der Waals surface area contributed by atoms with Crippen LogP contribution in [0, 0.1) is 11.2 Å².